The Labute approximate surface area is 113 Å². The zero-order valence-corrected chi connectivity index (χ0v) is 11.4. The van der Waals surface area contributed by atoms with Crippen molar-refractivity contribution in [2.75, 3.05) is 26.2 Å². The van der Waals surface area contributed by atoms with Gasteiger partial charge in [-0.15, -0.1) is 0 Å². The van der Waals surface area contributed by atoms with E-state index in [2.05, 4.69) is 17.1 Å². The molecule has 1 aliphatic rings. The molecule has 0 aliphatic carbocycles. The summed E-state index contributed by atoms with van der Waals surface area (Å²) in [6.45, 7) is 4.41. The van der Waals surface area contributed by atoms with Gasteiger partial charge in [-0.3, -0.25) is 4.79 Å². The van der Waals surface area contributed by atoms with E-state index in [0.29, 0.717) is 6.42 Å². The molecule has 1 aliphatic heterocycles. The van der Waals surface area contributed by atoms with E-state index in [-0.39, 0.29) is 24.9 Å². The Balaban J connectivity index is 2.44. The molecule has 112 valence electrons. The average Bonchev–Trinajstić information content (AvgIpc) is 2.34. The van der Waals surface area contributed by atoms with Crippen molar-refractivity contribution >= 4 is 5.97 Å². The second-order valence-electron chi connectivity index (χ2n) is 5.29. The summed E-state index contributed by atoms with van der Waals surface area (Å²) < 4.78 is 24.5. The minimum atomic E-state index is -2.33. The molecule has 1 saturated heterocycles. The van der Waals surface area contributed by atoms with Gasteiger partial charge in [0.05, 0.1) is 6.54 Å². The maximum atomic E-state index is 12.2. The third kappa shape index (κ3) is 6.82. The molecule has 0 saturated carbocycles. The average molecular weight is 278 g/mol. The number of likely N-dealkylation sites (tertiary alicyclic amines) is 1. The summed E-state index contributed by atoms with van der Waals surface area (Å²) in [6, 6.07) is 0.0492. The van der Waals surface area contributed by atoms with Crippen LogP contribution in [0.2, 0.25) is 0 Å². The molecule has 2 N–H and O–H groups in total. The van der Waals surface area contributed by atoms with Gasteiger partial charge in [0.15, 0.2) is 0 Å². The van der Waals surface area contributed by atoms with Crippen LogP contribution in [0.4, 0.5) is 8.78 Å². The summed E-state index contributed by atoms with van der Waals surface area (Å²) >= 11 is 0. The van der Waals surface area contributed by atoms with Crippen molar-refractivity contribution in [1.82, 2.24) is 10.2 Å². The highest BCUT2D eigenvalue weighted by Crippen LogP contribution is 2.21. The van der Waals surface area contributed by atoms with Crippen molar-refractivity contribution in [2.45, 2.75) is 45.1 Å². The Hall–Kier alpha value is -0.750. The first-order chi connectivity index (χ1) is 9.01. The first kappa shape index (κ1) is 16.3. The lowest BCUT2D eigenvalue weighted by Crippen LogP contribution is -2.50. The lowest BCUT2D eigenvalue weighted by atomic mass is 9.90. The van der Waals surface area contributed by atoms with Crippen LogP contribution in [-0.2, 0) is 4.79 Å². The van der Waals surface area contributed by atoms with Gasteiger partial charge in [-0.1, -0.05) is 6.92 Å². The summed E-state index contributed by atoms with van der Waals surface area (Å²) in [6.07, 6.45) is 0.265. The highest BCUT2D eigenvalue weighted by Gasteiger charge is 2.27. The van der Waals surface area contributed by atoms with Crippen LogP contribution in [0.15, 0.2) is 0 Å². The number of rotatable bonds is 8. The van der Waals surface area contributed by atoms with E-state index < -0.39 is 12.4 Å². The Kier molecular flexibility index (Phi) is 7.23. The number of piperidine rings is 1. The molecule has 2 unspecified atom stereocenters. The maximum absolute atomic E-state index is 12.2. The van der Waals surface area contributed by atoms with Gasteiger partial charge in [-0.2, -0.15) is 0 Å². The summed E-state index contributed by atoms with van der Waals surface area (Å²) in [5.74, 6) is -0.503. The molecule has 6 heteroatoms. The van der Waals surface area contributed by atoms with Crippen LogP contribution < -0.4 is 5.32 Å². The van der Waals surface area contributed by atoms with Crippen LogP contribution in [0.5, 0.6) is 0 Å². The smallest absolute Gasteiger partial charge is 0.303 e. The number of alkyl halides is 2. The van der Waals surface area contributed by atoms with E-state index in [1.54, 1.807) is 0 Å². The number of hydrogen-bond donors (Lipinski definition) is 2. The summed E-state index contributed by atoms with van der Waals surface area (Å²) in [5, 5.41) is 11.6. The fourth-order valence-corrected chi connectivity index (χ4v) is 2.74. The van der Waals surface area contributed by atoms with Crippen LogP contribution in [-0.4, -0.2) is 54.6 Å². The molecule has 0 spiro atoms. The van der Waals surface area contributed by atoms with Crippen molar-refractivity contribution in [3.8, 4) is 0 Å². The van der Waals surface area contributed by atoms with Gasteiger partial charge in [0.2, 0.25) is 0 Å². The summed E-state index contributed by atoms with van der Waals surface area (Å²) in [4.78, 5) is 12.9. The molecule has 0 amide bonds. The third-order valence-corrected chi connectivity index (χ3v) is 3.48. The minimum Gasteiger partial charge on any atom is -0.481 e. The van der Waals surface area contributed by atoms with Gasteiger partial charge in [0, 0.05) is 25.6 Å². The molecule has 19 heavy (non-hydrogen) atoms. The SMILES string of the molecule is CCCN1CC(CCC(=O)O)CC(NCC(F)F)C1. The second kappa shape index (κ2) is 8.43. The van der Waals surface area contributed by atoms with E-state index in [1.807, 2.05) is 0 Å². The molecule has 2 atom stereocenters. The number of hydrogen-bond acceptors (Lipinski definition) is 3. The van der Waals surface area contributed by atoms with E-state index in [0.717, 1.165) is 32.5 Å². The Bertz CT molecular complexity index is 277. The second-order valence-corrected chi connectivity index (χ2v) is 5.29. The number of nitrogens with one attached hydrogen (secondary N) is 1. The topological polar surface area (TPSA) is 52.6 Å². The molecule has 0 radical (unpaired) electrons. The Morgan fingerprint density at radius 1 is 1.47 bits per heavy atom. The third-order valence-electron chi connectivity index (χ3n) is 3.48. The molecule has 1 rings (SSSR count). The zero-order chi connectivity index (χ0) is 14.3. The monoisotopic (exact) mass is 278 g/mol. The molecule has 4 nitrogen and oxygen atoms in total. The van der Waals surface area contributed by atoms with Crippen molar-refractivity contribution in [2.24, 2.45) is 5.92 Å². The fourth-order valence-electron chi connectivity index (χ4n) is 2.74. The Morgan fingerprint density at radius 3 is 2.79 bits per heavy atom. The first-order valence-electron chi connectivity index (χ1n) is 6.97. The van der Waals surface area contributed by atoms with E-state index >= 15 is 0 Å². The largest absolute Gasteiger partial charge is 0.481 e. The zero-order valence-electron chi connectivity index (χ0n) is 11.4. The van der Waals surface area contributed by atoms with Gasteiger partial charge >= 0.3 is 5.97 Å². The van der Waals surface area contributed by atoms with Gasteiger partial charge in [-0.25, -0.2) is 8.78 Å². The van der Waals surface area contributed by atoms with Crippen molar-refractivity contribution < 1.29 is 18.7 Å². The van der Waals surface area contributed by atoms with Crippen LogP contribution in [0.25, 0.3) is 0 Å². The normalized spacial score (nSPS) is 24.8. The van der Waals surface area contributed by atoms with Gasteiger partial charge in [0.25, 0.3) is 6.43 Å². The molecular weight excluding hydrogens is 254 g/mol. The lowest BCUT2D eigenvalue weighted by molar-refractivity contribution is -0.137. The van der Waals surface area contributed by atoms with Crippen LogP contribution in [0, 0.1) is 5.92 Å². The molecule has 0 bridgehead atoms. The summed E-state index contributed by atoms with van der Waals surface area (Å²) in [5.41, 5.74) is 0. The fraction of sp³-hybridized carbons (Fsp3) is 0.923. The van der Waals surface area contributed by atoms with Gasteiger partial charge < -0.3 is 15.3 Å². The lowest BCUT2D eigenvalue weighted by Gasteiger charge is -2.38. The van der Waals surface area contributed by atoms with Gasteiger partial charge in [0.1, 0.15) is 0 Å². The van der Waals surface area contributed by atoms with Crippen LogP contribution >= 0.6 is 0 Å². The number of carbonyl (C=O) groups is 1. The number of halogens is 2. The van der Waals surface area contributed by atoms with Crippen LogP contribution in [0.1, 0.15) is 32.6 Å². The number of carboxylic acids is 1. The summed E-state index contributed by atoms with van der Waals surface area (Å²) in [7, 11) is 0. The Morgan fingerprint density at radius 2 is 2.21 bits per heavy atom. The van der Waals surface area contributed by atoms with E-state index in [4.69, 9.17) is 5.11 Å². The maximum Gasteiger partial charge on any atom is 0.303 e. The molecule has 0 aromatic carbocycles. The standard InChI is InChI=1S/C13H24F2N2O2/c1-2-5-17-8-10(3-4-13(18)19)6-11(9-17)16-7-12(14)15/h10-12,16H,2-9H2,1H3,(H,18,19). The van der Waals surface area contributed by atoms with Crippen molar-refractivity contribution in [1.29, 1.82) is 0 Å². The molecule has 0 aromatic rings. The molecule has 0 aromatic heterocycles. The predicted octanol–water partition coefficient (Wildman–Crippen LogP) is 1.81. The quantitative estimate of drug-likeness (QED) is 0.711. The van der Waals surface area contributed by atoms with Gasteiger partial charge in [-0.05, 0) is 31.7 Å². The highest BCUT2D eigenvalue weighted by molar-refractivity contribution is 5.66. The number of carboxylic acid groups (broad SMARTS) is 1. The number of aliphatic carboxylic acids is 1. The van der Waals surface area contributed by atoms with Crippen molar-refractivity contribution in [3.63, 3.8) is 0 Å². The highest BCUT2D eigenvalue weighted by atomic mass is 19.3. The van der Waals surface area contributed by atoms with Crippen LogP contribution in [0.3, 0.4) is 0 Å². The minimum absolute atomic E-state index is 0.0492. The van der Waals surface area contributed by atoms with E-state index in [1.165, 1.54) is 0 Å². The first-order valence-corrected chi connectivity index (χ1v) is 6.97. The molecule has 1 heterocycles. The van der Waals surface area contributed by atoms with Crippen molar-refractivity contribution in [3.05, 3.63) is 0 Å². The molecular formula is C13H24F2N2O2. The van der Waals surface area contributed by atoms with E-state index in [9.17, 15) is 13.6 Å². The predicted molar refractivity (Wildman–Crippen MR) is 69.5 cm³/mol. The number of nitrogens with zero attached hydrogens (tertiary/aromatic N) is 1. The molecule has 1 fully saturated rings.